The van der Waals surface area contributed by atoms with Crippen molar-refractivity contribution in [3.63, 3.8) is 0 Å². The van der Waals surface area contributed by atoms with E-state index in [0.29, 0.717) is 12.0 Å². The molecule has 1 nitrogen and oxygen atoms in total. The van der Waals surface area contributed by atoms with Crippen LogP contribution in [0.5, 0.6) is 0 Å². The molecule has 4 aliphatic rings. The summed E-state index contributed by atoms with van der Waals surface area (Å²) in [6.07, 6.45) is 15.8. The molecule has 19 heavy (non-hydrogen) atoms. The zero-order valence-electron chi connectivity index (χ0n) is 12.0. The molecular formula is C18H26O. The molecule has 0 aromatic heterocycles. The van der Waals surface area contributed by atoms with Gasteiger partial charge in [0.05, 0.1) is 0 Å². The van der Waals surface area contributed by atoms with Crippen LogP contribution in [0, 0.1) is 17.3 Å². The van der Waals surface area contributed by atoms with Crippen molar-refractivity contribution in [3.8, 4) is 0 Å². The molecule has 0 radical (unpaired) electrons. The van der Waals surface area contributed by atoms with Crippen molar-refractivity contribution in [2.24, 2.45) is 17.3 Å². The SMILES string of the molecule is OC[C@@]12CCC[C@H]1[C@@H]1CCC3=CCCCC3=C1CC2. The molecule has 0 aliphatic heterocycles. The highest BCUT2D eigenvalue weighted by Crippen LogP contribution is 2.59. The van der Waals surface area contributed by atoms with E-state index in [2.05, 4.69) is 6.08 Å². The highest BCUT2D eigenvalue weighted by atomic mass is 16.3. The van der Waals surface area contributed by atoms with Gasteiger partial charge in [-0.25, -0.2) is 0 Å². The van der Waals surface area contributed by atoms with Crippen LogP contribution in [-0.4, -0.2) is 11.7 Å². The van der Waals surface area contributed by atoms with Crippen LogP contribution < -0.4 is 0 Å². The van der Waals surface area contributed by atoms with Gasteiger partial charge in [0.25, 0.3) is 0 Å². The molecule has 104 valence electrons. The monoisotopic (exact) mass is 258 g/mol. The third kappa shape index (κ3) is 1.70. The maximum absolute atomic E-state index is 9.95. The number of allylic oxidation sites excluding steroid dienone is 4. The Hall–Kier alpha value is -0.560. The molecule has 2 saturated carbocycles. The van der Waals surface area contributed by atoms with Gasteiger partial charge in [-0.05, 0) is 86.2 Å². The minimum Gasteiger partial charge on any atom is -0.396 e. The highest BCUT2D eigenvalue weighted by molar-refractivity contribution is 5.42. The van der Waals surface area contributed by atoms with Gasteiger partial charge in [-0.15, -0.1) is 0 Å². The highest BCUT2D eigenvalue weighted by Gasteiger charge is 2.50. The van der Waals surface area contributed by atoms with E-state index < -0.39 is 0 Å². The lowest BCUT2D eigenvalue weighted by Crippen LogP contribution is -2.40. The zero-order valence-corrected chi connectivity index (χ0v) is 12.0. The van der Waals surface area contributed by atoms with Crippen LogP contribution in [0.2, 0.25) is 0 Å². The van der Waals surface area contributed by atoms with Crippen molar-refractivity contribution in [2.75, 3.05) is 6.61 Å². The molecule has 1 N–H and O–H groups in total. The van der Waals surface area contributed by atoms with E-state index in [4.69, 9.17) is 0 Å². The molecule has 4 rings (SSSR count). The van der Waals surface area contributed by atoms with Crippen molar-refractivity contribution in [3.05, 3.63) is 22.8 Å². The topological polar surface area (TPSA) is 20.2 Å². The molecule has 0 aromatic carbocycles. The summed E-state index contributed by atoms with van der Waals surface area (Å²) in [5.41, 5.74) is 5.60. The zero-order chi connectivity index (χ0) is 12.9. The Morgan fingerprint density at radius 1 is 1.11 bits per heavy atom. The van der Waals surface area contributed by atoms with Crippen molar-refractivity contribution in [1.82, 2.24) is 0 Å². The van der Waals surface area contributed by atoms with Crippen LogP contribution in [0.25, 0.3) is 0 Å². The second-order valence-corrected chi connectivity index (χ2v) is 7.29. The molecular weight excluding hydrogens is 232 g/mol. The Kier molecular flexibility index (Phi) is 2.88. The molecule has 4 aliphatic carbocycles. The summed E-state index contributed by atoms with van der Waals surface area (Å²) in [5.74, 6) is 1.63. The summed E-state index contributed by atoms with van der Waals surface area (Å²) in [7, 11) is 0. The summed E-state index contributed by atoms with van der Waals surface area (Å²) in [6.45, 7) is 0.444. The Bertz CT molecular complexity index is 445. The van der Waals surface area contributed by atoms with Gasteiger partial charge in [-0.2, -0.15) is 0 Å². The quantitative estimate of drug-likeness (QED) is 0.740. The van der Waals surface area contributed by atoms with Gasteiger partial charge in [-0.3, -0.25) is 0 Å². The predicted molar refractivity (Wildman–Crippen MR) is 77.8 cm³/mol. The van der Waals surface area contributed by atoms with E-state index >= 15 is 0 Å². The molecule has 0 aromatic rings. The second-order valence-electron chi connectivity index (χ2n) is 7.29. The average Bonchev–Trinajstić information content (AvgIpc) is 2.91. The van der Waals surface area contributed by atoms with E-state index in [1.807, 2.05) is 5.57 Å². The molecule has 1 heteroatoms. The normalized spacial score (nSPS) is 41.4. The molecule has 0 unspecified atom stereocenters. The fraction of sp³-hybridized carbons (Fsp3) is 0.778. The van der Waals surface area contributed by atoms with Gasteiger partial charge in [0.2, 0.25) is 0 Å². The van der Waals surface area contributed by atoms with Gasteiger partial charge in [0, 0.05) is 6.61 Å². The molecule has 2 fully saturated rings. The van der Waals surface area contributed by atoms with Gasteiger partial charge in [0.15, 0.2) is 0 Å². The summed E-state index contributed by atoms with van der Waals surface area (Å²) >= 11 is 0. The Balaban J connectivity index is 1.73. The number of hydrogen-bond acceptors (Lipinski definition) is 1. The number of fused-ring (bicyclic) bond motifs is 4. The first-order valence-electron chi connectivity index (χ1n) is 8.36. The largest absolute Gasteiger partial charge is 0.396 e. The fourth-order valence-electron chi connectivity index (χ4n) is 5.71. The van der Waals surface area contributed by atoms with Crippen LogP contribution >= 0.6 is 0 Å². The van der Waals surface area contributed by atoms with Gasteiger partial charge in [-0.1, -0.05) is 18.1 Å². The fourth-order valence-corrected chi connectivity index (χ4v) is 5.71. The average molecular weight is 258 g/mol. The maximum Gasteiger partial charge on any atom is 0.0490 e. The van der Waals surface area contributed by atoms with E-state index in [1.165, 1.54) is 64.2 Å². The molecule has 0 spiro atoms. The standard InChI is InChI=1S/C18H26O/c19-12-18-10-3-6-17(18)16-8-7-13-4-1-2-5-14(13)15(16)9-11-18/h4,16-17,19H,1-3,5-12H2/t16-,17+,18+/m1/s1. The van der Waals surface area contributed by atoms with E-state index in [-0.39, 0.29) is 0 Å². The summed E-state index contributed by atoms with van der Waals surface area (Å²) in [5, 5.41) is 9.95. The number of rotatable bonds is 1. The number of hydrogen-bond donors (Lipinski definition) is 1. The molecule has 0 heterocycles. The molecule has 0 bridgehead atoms. The van der Waals surface area contributed by atoms with Crippen LogP contribution in [0.4, 0.5) is 0 Å². The van der Waals surface area contributed by atoms with Crippen molar-refractivity contribution < 1.29 is 5.11 Å². The Labute approximate surface area is 116 Å². The number of aliphatic hydroxyl groups is 1. The van der Waals surface area contributed by atoms with Crippen molar-refractivity contribution in [1.29, 1.82) is 0 Å². The first-order valence-corrected chi connectivity index (χ1v) is 8.36. The van der Waals surface area contributed by atoms with Crippen LogP contribution in [-0.2, 0) is 0 Å². The summed E-state index contributed by atoms with van der Waals surface area (Å²) in [6, 6.07) is 0. The lowest BCUT2D eigenvalue weighted by atomic mass is 9.57. The van der Waals surface area contributed by atoms with Gasteiger partial charge < -0.3 is 5.11 Å². The molecule has 0 amide bonds. The van der Waals surface area contributed by atoms with Crippen LogP contribution in [0.3, 0.4) is 0 Å². The van der Waals surface area contributed by atoms with Crippen molar-refractivity contribution in [2.45, 2.75) is 64.2 Å². The molecule has 0 saturated heterocycles. The maximum atomic E-state index is 9.95. The van der Waals surface area contributed by atoms with E-state index in [0.717, 1.165) is 11.8 Å². The first-order chi connectivity index (χ1) is 9.34. The van der Waals surface area contributed by atoms with E-state index in [1.54, 1.807) is 11.1 Å². The lowest BCUT2D eigenvalue weighted by Gasteiger charge is -2.48. The van der Waals surface area contributed by atoms with E-state index in [9.17, 15) is 5.11 Å². The Morgan fingerprint density at radius 3 is 2.95 bits per heavy atom. The second kappa shape index (κ2) is 4.48. The van der Waals surface area contributed by atoms with Crippen molar-refractivity contribution >= 4 is 0 Å². The summed E-state index contributed by atoms with van der Waals surface area (Å²) in [4.78, 5) is 0. The summed E-state index contributed by atoms with van der Waals surface area (Å²) < 4.78 is 0. The minimum absolute atomic E-state index is 0.310. The first kappa shape index (κ1) is 12.2. The Morgan fingerprint density at radius 2 is 2.05 bits per heavy atom. The lowest BCUT2D eigenvalue weighted by molar-refractivity contribution is 0.0304. The van der Waals surface area contributed by atoms with Gasteiger partial charge in [0.1, 0.15) is 0 Å². The third-order valence-corrected chi connectivity index (χ3v) is 6.64. The van der Waals surface area contributed by atoms with Crippen LogP contribution in [0.1, 0.15) is 64.2 Å². The number of aliphatic hydroxyl groups excluding tert-OH is 1. The third-order valence-electron chi connectivity index (χ3n) is 6.64. The smallest absolute Gasteiger partial charge is 0.0490 e. The van der Waals surface area contributed by atoms with Crippen LogP contribution in [0.15, 0.2) is 22.8 Å². The van der Waals surface area contributed by atoms with Gasteiger partial charge >= 0.3 is 0 Å². The predicted octanol–water partition coefficient (Wildman–Crippen LogP) is 4.38. The minimum atomic E-state index is 0.310. The molecule has 3 atom stereocenters.